The molecule has 2 fully saturated rings. The highest BCUT2D eigenvalue weighted by Gasteiger charge is 2.50. The fraction of sp³-hybridized carbons (Fsp3) is 0.238. The Morgan fingerprint density at radius 3 is 1.38 bits per heavy atom. The van der Waals surface area contributed by atoms with Gasteiger partial charge in [-0.3, -0.25) is 29.8 Å². The number of alkyl halides is 1. The number of carbonyl (C=O) groups excluding carboxylic acids is 4. The summed E-state index contributed by atoms with van der Waals surface area (Å²) in [7, 11) is 0. The van der Waals surface area contributed by atoms with E-state index in [1.165, 1.54) is 12.1 Å². The third-order valence-corrected chi connectivity index (χ3v) is 15.1. The fourth-order valence-electron chi connectivity index (χ4n) is 9.03. The van der Waals surface area contributed by atoms with Crippen LogP contribution in [-0.4, -0.2) is 48.7 Å². The van der Waals surface area contributed by atoms with Crippen molar-refractivity contribution in [2.45, 2.75) is 69.0 Å². The van der Waals surface area contributed by atoms with Crippen molar-refractivity contribution in [2.75, 3.05) is 26.4 Å². The Morgan fingerprint density at radius 2 is 0.897 bits per heavy atom. The van der Waals surface area contributed by atoms with Crippen LogP contribution in [0.4, 0.5) is 14.0 Å². The van der Waals surface area contributed by atoms with Gasteiger partial charge in [-0.25, -0.2) is 4.39 Å². The number of carbonyl (C=O) groups is 4. The van der Waals surface area contributed by atoms with Gasteiger partial charge in [0.2, 0.25) is 5.91 Å². The fourth-order valence-corrected chi connectivity index (χ4v) is 10.7. The minimum absolute atomic E-state index is 0.0691. The number of hydrogen-bond donors (Lipinski definition) is 2. The van der Waals surface area contributed by atoms with Crippen LogP contribution in [0.15, 0.2) is 170 Å². The van der Waals surface area contributed by atoms with E-state index in [9.17, 15) is 19.2 Å². The number of imide groups is 2. The summed E-state index contributed by atoms with van der Waals surface area (Å²) < 4.78 is 50.5. The van der Waals surface area contributed by atoms with Gasteiger partial charge in [0.15, 0.2) is 0 Å². The number of aryl methyl sites for hydroxylation is 2. The van der Waals surface area contributed by atoms with Gasteiger partial charge in [-0.1, -0.05) is 124 Å². The summed E-state index contributed by atoms with van der Waals surface area (Å²) in [5.41, 5.74) is 2.98. The Bertz CT molecular complexity index is 3230. The maximum atomic E-state index is 15.1. The van der Waals surface area contributed by atoms with E-state index in [1.807, 2.05) is 108 Å². The number of thioether (sulfide) groups is 2. The highest BCUT2D eigenvalue weighted by molar-refractivity contribution is 8.15. The molecule has 12 nitrogen and oxygen atoms in total. The summed E-state index contributed by atoms with van der Waals surface area (Å²) in [6, 6.07) is 53.8. The number of amides is 4. The molecule has 0 radical (unpaired) electrons. The lowest BCUT2D eigenvalue weighted by Crippen LogP contribution is -2.31. The molecular weight excluding hydrogens is 1030 g/mol. The van der Waals surface area contributed by atoms with Crippen LogP contribution in [0.5, 0.6) is 46.0 Å². The summed E-state index contributed by atoms with van der Waals surface area (Å²) in [4.78, 5) is 47.3. The molecule has 2 heterocycles. The molecule has 0 aliphatic carbocycles. The molecule has 15 heteroatoms. The molecule has 0 spiro atoms. The molecular formula is C63H59FN2O10S2. The molecule has 2 aliphatic rings. The Morgan fingerprint density at radius 1 is 0.449 bits per heavy atom. The maximum Gasteiger partial charge on any atom is 0.289 e. The van der Waals surface area contributed by atoms with Crippen LogP contribution in [0.1, 0.15) is 68.7 Å². The minimum atomic E-state index is -2.45. The van der Waals surface area contributed by atoms with Crippen LogP contribution < -0.4 is 39.1 Å². The van der Waals surface area contributed by atoms with Crippen LogP contribution in [0.2, 0.25) is 0 Å². The second-order valence-corrected chi connectivity index (χ2v) is 21.2. The van der Waals surface area contributed by atoms with E-state index in [4.69, 9.17) is 28.4 Å². The van der Waals surface area contributed by atoms with Crippen molar-refractivity contribution in [3.8, 4) is 46.0 Å². The first-order valence-electron chi connectivity index (χ1n) is 26.0. The van der Waals surface area contributed by atoms with Crippen molar-refractivity contribution in [2.24, 2.45) is 0 Å². The summed E-state index contributed by atoms with van der Waals surface area (Å²) in [5, 5.41) is 5.26. The molecule has 0 bridgehead atoms. The lowest BCUT2D eigenvalue weighted by Gasteiger charge is -2.19. The second-order valence-electron chi connectivity index (χ2n) is 18.7. The van der Waals surface area contributed by atoms with E-state index in [0.717, 1.165) is 110 Å². The molecule has 2 saturated heterocycles. The van der Waals surface area contributed by atoms with Crippen molar-refractivity contribution in [3.05, 3.63) is 192 Å². The van der Waals surface area contributed by atoms with Crippen LogP contribution >= 0.6 is 23.5 Å². The van der Waals surface area contributed by atoms with Gasteiger partial charge in [-0.05, 0) is 144 Å². The first-order valence-corrected chi connectivity index (χ1v) is 27.6. The lowest BCUT2D eigenvalue weighted by atomic mass is 9.99. The van der Waals surface area contributed by atoms with E-state index in [0.29, 0.717) is 62.5 Å². The zero-order valence-corrected chi connectivity index (χ0v) is 45.1. The molecule has 0 aromatic heterocycles. The van der Waals surface area contributed by atoms with Crippen molar-refractivity contribution in [1.82, 2.24) is 10.6 Å². The first kappa shape index (κ1) is 54.8. The Hall–Kier alpha value is -8.01. The summed E-state index contributed by atoms with van der Waals surface area (Å²) in [5.74, 6) is 4.63. The van der Waals surface area contributed by atoms with Gasteiger partial charge in [0, 0.05) is 29.2 Å². The van der Waals surface area contributed by atoms with Crippen molar-refractivity contribution < 1.29 is 52.0 Å². The normalized spacial score (nSPS) is 16.8. The molecule has 400 valence electrons. The topological polar surface area (TPSA) is 148 Å². The number of ether oxygens (including phenoxy) is 6. The van der Waals surface area contributed by atoms with E-state index in [-0.39, 0.29) is 16.7 Å². The van der Waals surface area contributed by atoms with Crippen LogP contribution in [-0.2, 0) is 32.2 Å². The zero-order chi connectivity index (χ0) is 54.5. The van der Waals surface area contributed by atoms with Crippen LogP contribution in [0.3, 0.4) is 0 Å². The van der Waals surface area contributed by atoms with Crippen molar-refractivity contribution in [3.63, 3.8) is 0 Å². The van der Waals surface area contributed by atoms with E-state index >= 15 is 4.39 Å². The van der Waals surface area contributed by atoms with Gasteiger partial charge >= 0.3 is 0 Å². The van der Waals surface area contributed by atoms with Gasteiger partial charge in [-0.15, -0.1) is 0 Å². The number of hydrogen-bond acceptors (Lipinski definition) is 12. The molecule has 2 atom stereocenters. The lowest BCUT2D eigenvalue weighted by molar-refractivity contribution is -0.126. The highest BCUT2D eigenvalue weighted by atomic mass is 32.2. The van der Waals surface area contributed by atoms with E-state index in [2.05, 4.69) is 61.6 Å². The predicted octanol–water partition coefficient (Wildman–Crippen LogP) is 15.2. The Kier molecular flexibility index (Phi) is 17.9. The monoisotopic (exact) mass is 1090 g/mol. The molecule has 4 amide bonds. The minimum Gasteiger partial charge on any atom is -0.493 e. The average molecular weight is 1090 g/mol. The molecule has 10 rings (SSSR count). The van der Waals surface area contributed by atoms with Crippen molar-refractivity contribution in [1.29, 1.82) is 0 Å². The molecule has 8 aromatic carbocycles. The molecule has 2 aliphatic heterocycles. The van der Waals surface area contributed by atoms with Gasteiger partial charge in [0.25, 0.3) is 21.4 Å². The van der Waals surface area contributed by atoms with Crippen LogP contribution in [0.25, 0.3) is 21.5 Å². The van der Waals surface area contributed by atoms with Gasteiger partial charge in [-0.2, -0.15) is 0 Å². The number of nitrogens with one attached hydrogen (secondary N) is 2. The number of benzene rings is 8. The van der Waals surface area contributed by atoms with Crippen LogP contribution in [0, 0.1) is 0 Å². The van der Waals surface area contributed by atoms with Gasteiger partial charge in [0.05, 0.1) is 26.4 Å². The molecule has 2 N–H and O–H groups in total. The summed E-state index contributed by atoms with van der Waals surface area (Å²) >= 11 is 1.31. The average Bonchev–Trinajstić information content (AvgIpc) is 3.92. The maximum absolute atomic E-state index is 15.1. The van der Waals surface area contributed by atoms with E-state index < -0.39 is 20.9 Å². The summed E-state index contributed by atoms with van der Waals surface area (Å²) in [6.07, 6.45) is 4.98. The predicted molar refractivity (Wildman–Crippen MR) is 305 cm³/mol. The largest absolute Gasteiger partial charge is 0.493 e. The third-order valence-electron chi connectivity index (χ3n) is 13.0. The van der Waals surface area contributed by atoms with Gasteiger partial charge < -0.3 is 28.4 Å². The number of rotatable bonds is 22. The second kappa shape index (κ2) is 25.4. The van der Waals surface area contributed by atoms with Gasteiger partial charge in [0.1, 0.15) is 50.7 Å². The third kappa shape index (κ3) is 13.2. The quantitative estimate of drug-likeness (QED) is 0.0623. The first-order chi connectivity index (χ1) is 37.9. The standard InChI is InChI=1S/C32H31NO5S.C31H28FNO5S/c1-3-9-23-20-26(38-29-15-6-11-22-10-4-5-14-27(22)29)16-17-28(23)37-19-8-18-36-25-13-7-12-24(21-25)32(2)30(34)33-31(35)39-32;1-2-8-22-19-25(38-28-14-5-10-21-9-3-4-13-26(21)28)15-16-27(22)37-18-7-17-36-24-12-6-11-23(20-24)31(32)29(34)33-30(35)39-31/h4-7,10-17,20-21H,3,8-9,18-19H2,1-2H3,(H,33,34,35);3-6,9-16,19-20H,2,7-8,17-18H2,1H3,(H,33,34,35). The summed E-state index contributed by atoms with van der Waals surface area (Å²) in [6.45, 7) is 7.75. The SMILES string of the molecule is CCCc1cc(Oc2cccc3ccccc23)ccc1OCCCOc1cccc(C2(C)SC(=O)NC2=O)c1.CCCc1cc(Oc2cccc3ccccc23)ccc1OCCCOc1cccc(C2(F)SC(=O)NC2=O)c1. The van der Waals surface area contributed by atoms with Crippen molar-refractivity contribution >= 4 is 67.4 Å². The van der Waals surface area contributed by atoms with E-state index in [1.54, 1.807) is 19.1 Å². The number of halogens is 1. The molecule has 8 aromatic rings. The smallest absolute Gasteiger partial charge is 0.289 e. The highest BCUT2D eigenvalue weighted by Crippen LogP contribution is 2.44. The number of fused-ring (bicyclic) bond motifs is 2. The Balaban J connectivity index is 0.000000190. The molecule has 78 heavy (non-hydrogen) atoms. The molecule has 0 saturated carbocycles. The Labute approximate surface area is 461 Å². The molecule has 2 unspecified atom stereocenters. The zero-order valence-electron chi connectivity index (χ0n) is 43.5.